The van der Waals surface area contributed by atoms with E-state index in [1.54, 1.807) is 23.5 Å². The van der Waals surface area contributed by atoms with Crippen molar-refractivity contribution in [2.45, 2.75) is 57.0 Å². The highest BCUT2D eigenvalue weighted by molar-refractivity contribution is 14.0. The molecule has 0 amide bonds. The number of hydrogen-bond donors (Lipinski definition) is 2. The van der Waals surface area contributed by atoms with Crippen molar-refractivity contribution in [1.29, 1.82) is 0 Å². The first-order valence-electron chi connectivity index (χ1n) is 8.80. The Morgan fingerprint density at radius 3 is 2.19 bits per heavy atom. The molecule has 1 heterocycles. The van der Waals surface area contributed by atoms with Gasteiger partial charge in [-0.25, -0.2) is 8.42 Å². The molecule has 0 spiro atoms. The monoisotopic (exact) mass is 494 g/mol. The Balaban J connectivity index is 0.00000338. The molecule has 0 bridgehead atoms. The molecule has 0 radical (unpaired) electrons. The van der Waals surface area contributed by atoms with Gasteiger partial charge < -0.3 is 10.6 Å². The van der Waals surface area contributed by atoms with Crippen molar-refractivity contribution in [1.82, 2.24) is 14.9 Å². The number of nitrogens with one attached hydrogen (secondary N) is 2. The summed E-state index contributed by atoms with van der Waals surface area (Å²) in [4.78, 5) is 4.57. The van der Waals surface area contributed by atoms with Gasteiger partial charge in [0.25, 0.3) is 0 Å². The zero-order valence-electron chi connectivity index (χ0n) is 16.1. The van der Waals surface area contributed by atoms with Crippen LogP contribution in [0.25, 0.3) is 0 Å². The van der Waals surface area contributed by atoms with Crippen LogP contribution in [0.2, 0.25) is 0 Å². The van der Waals surface area contributed by atoms with Crippen LogP contribution >= 0.6 is 24.0 Å². The van der Waals surface area contributed by atoms with E-state index in [1.165, 1.54) is 0 Å². The summed E-state index contributed by atoms with van der Waals surface area (Å²) in [7, 11) is -1.63. The maximum Gasteiger partial charge on any atom is 0.243 e. The summed E-state index contributed by atoms with van der Waals surface area (Å²) in [6, 6.07) is 7.10. The highest BCUT2D eigenvalue weighted by Crippen LogP contribution is 2.20. The van der Waals surface area contributed by atoms with Gasteiger partial charge in [-0.15, -0.1) is 24.0 Å². The van der Waals surface area contributed by atoms with Crippen LogP contribution in [0.5, 0.6) is 0 Å². The largest absolute Gasteiger partial charge is 0.352 e. The van der Waals surface area contributed by atoms with Crippen molar-refractivity contribution in [3.05, 3.63) is 29.8 Å². The van der Waals surface area contributed by atoms with Crippen molar-refractivity contribution < 1.29 is 8.42 Å². The third-order valence-corrected chi connectivity index (χ3v) is 5.97. The van der Waals surface area contributed by atoms with Crippen LogP contribution in [0.4, 0.5) is 0 Å². The second kappa shape index (κ2) is 9.89. The third kappa shape index (κ3) is 6.70. The number of hydrogen-bond acceptors (Lipinski definition) is 3. The predicted molar refractivity (Wildman–Crippen MR) is 118 cm³/mol. The molecule has 6 nitrogen and oxygen atoms in total. The maximum absolute atomic E-state index is 12.6. The summed E-state index contributed by atoms with van der Waals surface area (Å²) in [5.41, 5.74) is 0.934. The molecule has 0 unspecified atom stereocenters. The zero-order valence-corrected chi connectivity index (χ0v) is 19.2. The highest BCUT2D eigenvalue weighted by atomic mass is 127. The first kappa shape index (κ1) is 23.2. The Kier molecular flexibility index (Phi) is 8.81. The third-order valence-electron chi connectivity index (χ3n) is 4.05. The van der Waals surface area contributed by atoms with E-state index in [0.29, 0.717) is 24.5 Å². The zero-order chi connectivity index (χ0) is 18.5. The topological polar surface area (TPSA) is 73.8 Å². The molecular formula is C18H31IN4O2S. The summed E-state index contributed by atoms with van der Waals surface area (Å²) in [5.74, 6) is 0.720. The molecule has 0 saturated carbocycles. The smallest absolute Gasteiger partial charge is 0.243 e. The van der Waals surface area contributed by atoms with E-state index in [-0.39, 0.29) is 29.5 Å². The minimum atomic E-state index is -3.36. The summed E-state index contributed by atoms with van der Waals surface area (Å²) in [6.45, 7) is 8.04. The molecule has 0 aliphatic carbocycles. The van der Waals surface area contributed by atoms with Gasteiger partial charge >= 0.3 is 0 Å². The molecule has 2 N–H and O–H groups in total. The molecule has 2 rings (SSSR count). The van der Waals surface area contributed by atoms with Crippen LogP contribution in [-0.4, -0.2) is 44.4 Å². The van der Waals surface area contributed by atoms with Gasteiger partial charge in [0.1, 0.15) is 0 Å². The highest BCUT2D eigenvalue weighted by Gasteiger charge is 2.25. The molecule has 26 heavy (non-hydrogen) atoms. The van der Waals surface area contributed by atoms with Crippen LogP contribution in [0.1, 0.15) is 45.6 Å². The molecule has 8 heteroatoms. The normalized spacial score (nSPS) is 16.7. The van der Waals surface area contributed by atoms with Crippen LogP contribution in [0, 0.1) is 0 Å². The second-order valence-corrected chi connectivity index (χ2v) is 9.35. The maximum atomic E-state index is 12.6. The molecule has 1 fully saturated rings. The minimum absolute atomic E-state index is 0. The van der Waals surface area contributed by atoms with Crippen LogP contribution in [0.15, 0.2) is 34.2 Å². The molecule has 1 aliphatic heterocycles. The molecule has 0 aromatic heterocycles. The van der Waals surface area contributed by atoms with Crippen LogP contribution in [-0.2, 0) is 16.6 Å². The van der Waals surface area contributed by atoms with Gasteiger partial charge in [-0.3, -0.25) is 4.99 Å². The van der Waals surface area contributed by atoms with Gasteiger partial charge in [0.15, 0.2) is 5.96 Å². The van der Waals surface area contributed by atoms with E-state index in [2.05, 4.69) is 36.4 Å². The molecule has 1 saturated heterocycles. The lowest BCUT2D eigenvalue weighted by molar-refractivity contribution is 0.346. The van der Waals surface area contributed by atoms with E-state index in [4.69, 9.17) is 0 Å². The van der Waals surface area contributed by atoms with Crippen molar-refractivity contribution >= 4 is 40.0 Å². The van der Waals surface area contributed by atoms with E-state index in [9.17, 15) is 8.42 Å². The fraction of sp³-hybridized carbons (Fsp3) is 0.611. The molecule has 148 valence electrons. The van der Waals surface area contributed by atoms with Crippen molar-refractivity contribution in [2.24, 2.45) is 4.99 Å². The lowest BCUT2D eigenvalue weighted by Gasteiger charge is -2.26. The minimum Gasteiger partial charge on any atom is -0.352 e. The summed E-state index contributed by atoms with van der Waals surface area (Å²) in [6.07, 6.45) is 3.00. The number of guanidine groups is 1. The predicted octanol–water partition coefficient (Wildman–Crippen LogP) is 2.94. The van der Waals surface area contributed by atoms with E-state index in [0.717, 1.165) is 30.8 Å². The Morgan fingerprint density at radius 1 is 1.12 bits per heavy atom. The fourth-order valence-corrected chi connectivity index (χ4v) is 4.27. The summed E-state index contributed by atoms with van der Waals surface area (Å²) >= 11 is 0. The van der Waals surface area contributed by atoms with Gasteiger partial charge in [-0.2, -0.15) is 4.31 Å². The summed E-state index contributed by atoms with van der Waals surface area (Å²) in [5, 5.41) is 6.53. The second-order valence-electron chi connectivity index (χ2n) is 7.41. The van der Waals surface area contributed by atoms with Crippen molar-refractivity contribution in [2.75, 3.05) is 20.1 Å². The fourth-order valence-electron chi connectivity index (χ4n) is 2.75. The van der Waals surface area contributed by atoms with Gasteiger partial charge in [0.2, 0.25) is 10.0 Å². The number of rotatable bonds is 4. The molecule has 1 aromatic rings. The lowest BCUT2D eigenvalue weighted by atomic mass is 10.1. The van der Waals surface area contributed by atoms with Gasteiger partial charge in [-0.1, -0.05) is 18.6 Å². The van der Waals surface area contributed by atoms with Gasteiger partial charge in [0, 0.05) is 32.2 Å². The molecular weight excluding hydrogens is 463 g/mol. The Hall–Kier alpha value is -0.870. The van der Waals surface area contributed by atoms with Crippen LogP contribution < -0.4 is 10.6 Å². The number of aliphatic imine (C=N–C) groups is 1. The molecule has 1 aromatic carbocycles. The van der Waals surface area contributed by atoms with E-state index >= 15 is 0 Å². The summed E-state index contributed by atoms with van der Waals surface area (Å²) < 4.78 is 26.9. The van der Waals surface area contributed by atoms with Gasteiger partial charge in [0.05, 0.1) is 4.90 Å². The average Bonchev–Trinajstić information content (AvgIpc) is 2.58. The number of benzene rings is 1. The Labute approximate surface area is 174 Å². The Bertz CT molecular complexity index is 691. The van der Waals surface area contributed by atoms with Gasteiger partial charge in [-0.05, 0) is 51.3 Å². The first-order valence-corrected chi connectivity index (χ1v) is 10.2. The standard InChI is InChI=1S/C18H30N4O2S.HI/c1-18(2,3)21-17(19-4)20-14-15-8-10-16(11-9-15)25(23,24)22-12-6-5-7-13-22;/h8-11H,5-7,12-14H2,1-4H3,(H2,19,20,21);1H. The molecule has 0 atom stereocenters. The van der Waals surface area contributed by atoms with Crippen molar-refractivity contribution in [3.8, 4) is 0 Å². The lowest BCUT2D eigenvalue weighted by Crippen LogP contribution is -2.47. The SMILES string of the molecule is CN=C(NCc1ccc(S(=O)(=O)N2CCCCC2)cc1)NC(C)(C)C.I. The Morgan fingerprint density at radius 2 is 1.69 bits per heavy atom. The van der Waals surface area contributed by atoms with E-state index in [1.807, 2.05) is 12.1 Å². The number of piperidine rings is 1. The van der Waals surface area contributed by atoms with E-state index < -0.39 is 10.0 Å². The molecule has 1 aliphatic rings. The first-order chi connectivity index (χ1) is 11.7. The number of sulfonamides is 1. The number of nitrogens with zero attached hydrogens (tertiary/aromatic N) is 2. The average molecular weight is 494 g/mol. The van der Waals surface area contributed by atoms with Crippen LogP contribution in [0.3, 0.4) is 0 Å². The number of halogens is 1. The quantitative estimate of drug-likeness (QED) is 0.384. The van der Waals surface area contributed by atoms with Crippen molar-refractivity contribution in [3.63, 3.8) is 0 Å².